The minimum absolute atomic E-state index is 0.0742. The van der Waals surface area contributed by atoms with Crippen LogP contribution >= 0.6 is 0 Å². The first-order valence-corrected chi connectivity index (χ1v) is 10.9. The van der Waals surface area contributed by atoms with Crippen LogP contribution in [-0.4, -0.2) is 13.2 Å². The third kappa shape index (κ3) is 3.94. The number of benzene rings is 3. The smallest absolute Gasteiger partial charge is 0.200 e. The summed E-state index contributed by atoms with van der Waals surface area (Å²) in [5.41, 5.74) is 3.77. The molecule has 5 nitrogen and oxygen atoms in total. The Balaban J connectivity index is 1.53. The van der Waals surface area contributed by atoms with Crippen molar-refractivity contribution in [3.63, 3.8) is 0 Å². The first kappa shape index (κ1) is 20.2. The van der Waals surface area contributed by atoms with E-state index in [4.69, 9.17) is 18.6 Å². The van der Waals surface area contributed by atoms with E-state index in [0.717, 1.165) is 35.3 Å². The van der Waals surface area contributed by atoms with Crippen molar-refractivity contribution in [2.75, 3.05) is 13.2 Å². The largest absolute Gasteiger partial charge is 0.488 e. The van der Waals surface area contributed by atoms with Gasteiger partial charge < -0.3 is 18.6 Å². The van der Waals surface area contributed by atoms with Gasteiger partial charge in [0.2, 0.25) is 5.43 Å². The normalized spacial score (nSPS) is 12.7. The van der Waals surface area contributed by atoms with Gasteiger partial charge in [-0.15, -0.1) is 0 Å². The van der Waals surface area contributed by atoms with Crippen LogP contribution in [0.2, 0.25) is 0 Å². The van der Waals surface area contributed by atoms with Gasteiger partial charge in [0.25, 0.3) is 0 Å². The second-order valence-corrected chi connectivity index (χ2v) is 7.82. The average Bonchev–Trinajstić information content (AvgIpc) is 2.84. The SMILES string of the molecule is CCCc1cc2c(=O)c(-c3ccc4c(c3)OCCO4)coc2cc1OCc1ccccc1. The molecule has 5 heteroatoms. The van der Waals surface area contributed by atoms with Gasteiger partial charge in [-0.25, -0.2) is 0 Å². The molecule has 0 saturated heterocycles. The lowest BCUT2D eigenvalue weighted by molar-refractivity contribution is 0.171. The van der Waals surface area contributed by atoms with Crippen molar-refractivity contribution in [1.29, 1.82) is 0 Å². The van der Waals surface area contributed by atoms with Crippen molar-refractivity contribution < 1.29 is 18.6 Å². The van der Waals surface area contributed by atoms with Crippen molar-refractivity contribution in [2.24, 2.45) is 0 Å². The van der Waals surface area contributed by atoms with Gasteiger partial charge in [0.15, 0.2) is 11.5 Å². The van der Waals surface area contributed by atoms with Crippen LogP contribution in [0.1, 0.15) is 24.5 Å². The summed E-state index contributed by atoms with van der Waals surface area (Å²) in [5, 5.41) is 0.549. The molecule has 32 heavy (non-hydrogen) atoms. The highest BCUT2D eigenvalue weighted by Gasteiger charge is 2.17. The minimum Gasteiger partial charge on any atom is -0.488 e. The predicted molar refractivity (Wildman–Crippen MR) is 124 cm³/mol. The van der Waals surface area contributed by atoms with Crippen molar-refractivity contribution >= 4 is 11.0 Å². The minimum atomic E-state index is -0.0742. The summed E-state index contributed by atoms with van der Waals surface area (Å²) in [5.74, 6) is 2.08. The Morgan fingerprint density at radius 2 is 1.75 bits per heavy atom. The van der Waals surface area contributed by atoms with Gasteiger partial charge >= 0.3 is 0 Å². The molecule has 0 saturated carbocycles. The van der Waals surface area contributed by atoms with Gasteiger partial charge in [-0.05, 0) is 41.3 Å². The Kier molecular flexibility index (Phi) is 5.55. The van der Waals surface area contributed by atoms with Gasteiger partial charge in [-0.1, -0.05) is 49.7 Å². The van der Waals surface area contributed by atoms with Gasteiger partial charge in [0, 0.05) is 6.07 Å². The first-order chi connectivity index (χ1) is 15.7. The molecule has 0 fully saturated rings. The molecule has 0 radical (unpaired) electrons. The molecule has 3 aromatic carbocycles. The molecule has 4 aromatic rings. The zero-order valence-electron chi connectivity index (χ0n) is 17.9. The fourth-order valence-electron chi connectivity index (χ4n) is 3.95. The van der Waals surface area contributed by atoms with Crippen molar-refractivity contribution in [2.45, 2.75) is 26.4 Å². The van der Waals surface area contributed by atoms with Crippen LogP contribution in [0.3, 0.4) is 0 Å². The molecule has 0 aliphatic carbocycles. The van der Waals surface area contributed by atoms with E-state index in [-0.39, 0.29) is 5.43 Å². The van der Waals surface area contributed by atoms with Crippen molar-refractivity contribution in [1.82, 2.24) is 0 Å². The molecule has 162 valence electrons. The number of rotatable bonds is 6. The van der Waals surface area contributed by atoms with E-state index in [1.807, 2.05) is 60.7 Å². The Morgan fingerprint density at radius 3 is 2.56 bits per heavy atom. The highest BCUT2D eigenvalue weighted by atomic mass is 16.6. The van der Waals surface area contributed by atoms with E-state index in [2.05, 4.69) is 6.92 Å². The Labute approximate surface area is 186 Å². The van der Waals surface area contributed by atoms with E-state index in [9.17, 15) is 4.79 Å². The number of hydrogen-bond donors (Lipinski definition) is 0. The molecular formula is C27H24O5. The van der Waals surface area contributed by atoms with Gasteiger partial charge in [0.1, 0.15) is 37.4 Å². The maximum Gasteiger partial charge on any atom is 0.200 e. The first-order valence-electron chi connectivity index (χ1n) is 10.9. The Bertz CT molecular complexity index is 1310. The van der Waals surface area contributed by atoms with E-state index in [0.29, 0.717) is 47.9 Å². The molecule has 0 bridgehead atoms. The summed E-state index contributed by atoms with van der Waals surface area (Å²) in [6.07, 6.45) is 3.27. The van der Waals surface area contributed by atoms with Crippen LogP contribution in [0, 0.1) is 0 Å². The molecule has 2 heterocycles. The molecule has 0 unspecified atom stereocenters. The molecule has 1 aliphatic rings. The summed E-state index contributed by atoms with van der Waals surface area (Å²) in [4.78, 5) is 13.4. The van der Waals surface area contributed by atoms with Crippen LogP contribution < -0.4 is 19.6 Å². The van der Waals surface area contributed by atoms with Crippen molar-refractivity contribution in [3.05, 3.63) is 88.3 Å². The van der Waals surface area contributed by atoms with Crippen LogP contribution in [0.4, 0.5) is 0 Å². The highest BCUT2D eigenvalue weighted by molar-refractivity contribution is 5.84. The summed E-state index contributed by atoms with van der Waals surface area (Å²) in [6.45, 7) is 3.59. The molecule has 0 spiro atoms. The zero-order chi connectivity index (χ0) is 21.9. The van der Waals surface area contributed by atoms with Crippen molar-refractivity contribution in [3.8, 4) is 28.4 Å². The summed E-state index contributed by atoms with van der Waals surface area (Å²) >= 11 is 0. The lowest BCUT2D eigenvalue weighted by Crippen LogP contribution is -2.15. The Morgan fingerprint density at radius 1 is 0.938 bits per heavy atom. The monoisotopic (exact) mass is 428 g/mol. The maximum atomic E-state index is 13.4. The van der Waals surface area contributed by atoms with Crippen LogP contribution in [0.15, 0.2) is 76.1 Å². The molecule has 0 atom stereocenters. The second kappa shape index (κ2) is 8.79. The third-order valence-corrected chi connectivity index (χ3v) is 5.57. The fourth-order valence-corrected chi connectivity index (χ4v) is 3.95. The van der Waals surface area contributed by atoms with Crippen LogP contribution in [0.5, 0.6) is 17.2 Å². The molecule has 0 N–H and O–H groups in total. The third-order valence-electron chi connectivity index (χ3n) is 5.57. The summed E-state index contributed by atoms with van der Waals surface area (Å²) in [6, 6.07) is 19.3. The predicted octanol–water partition coefficient (Wildman–Crippen LogP) is 5.76. The van der Waals surface area contributed by atoms with Gasteiger partial charge in [0.05, 0.1) is 10.9 Å². The summed E-state index contributed by atoms with van der Waals surface area (Å²) < 4.78 is 23.3. The molecular weight excluding hydrogens is 404 g/mol. The maximum absolute atomic E-state index is 13.4. The lowest BCUT2D eigenvalue weighted by Gasteiger charge is -2.18. The fraction of sp³-hybridized carbons (Fsp3) is 0.222. The zero-order valence-corrected chi connectivity index (χ0v) is 17.9. The number of hydrogen-bond acceptors (Lipinski definition) is 5. The number of aryl methyl sites for hydroxylation is 1. The molecule has 5 rings (SSSR count). The topological polar surface area (TPSA) is 57.9 Å². The lowest BCUT2D eigenvalue weighted by atomic mass is 10.0. The quantitative estimate of drug-likeness (QED) is 0.391. The number of fused-ring (bicyclic) bond motifs is 2. The second-order valence-electron chi connectivity index (χ2n) is 7.82. The van der Waals surface area contributed by atoms with Gasteiger partial charge in [-0.3, -0.25) is 4.79 Å². The molecule has 0 amide bonds. The molecule has 1 aromatic heterocycles. The highest BCUT2D eigenvalue weighted by Crippen LogP contribution is 2.35. The van der Waals surface area contributed by atoms with E-state index in [1.54, 1.807) is 0 Å². The number of ether oxygens (including phenoxy) is 3. The van der Waals surface area contributed by atoms with Crippen LogP contribution in [0.25, 0.3) is 22.1 Å². The van der Waals surface area contributed by atoms with E-state index < -0.39 is 0 Å². The van der Waals surface area contributed by atoms with Crippen LogP contribution in [-0.2, 0) is 13.0 Å². The standard InChI is InChI=1S/C27H24O5/c1-2-6-20-13-21-25(15-24(20)31-16-18-7-4-3-5-8-18)32-17-22(27(21)28)19-9-10-23-26(14-19)30-12-11-29-23/h3-5,7-10,13-15,17H,2,6,11-12,16H2,1H3. The molecule has 1 aliphatic heterocycles. The van der Waals surface area contributed by atoms with E-state index >= 15 is 0 Å². The van der Waals surface area contributed by atoms with Gasteiger partial charge in [-0.2, -0.15) is 0 Å². The summed E-state index contributed by atoms with van der Waals surface area (Å²) in [7, 11) is 0. The Hall–Kier alpha value is -3.73. The average molecular weight is 428 g/mol. The van der Waals surface area contributed by atoms with E-state index in [1.165, 1.54) is 6.26 Å².